The van der Waals surface area contributed by atoms with Crippen LogP contribution in [-0.4, -0.2) is 19.4 Å². The van der Waals surface area contributed by atoms with Gasteiger partial charge >= 0.3 is 5.97 Å². The summed E-state index contributed by atoms with van der Waals surface area (Å²) in [6, 6.07) is 0. The first-order chi connectivity index (χ1) is 11.3. The average molecular weight is 332 g/mol. The second kappa shape index (κ2) is 6.33. The largest absolute Gasteiger partial charge is 0.428 e. The number of fused-ring (bicyclic) bond motifs is 1. The first-order valence-electron chi connectivity index (χ1n) is 9.43. The van der Waals surface area contributed by atoms with Crippen molar-refractivity contribution >= 4 is 5.97 Å². The highest BCUT2D eigenvalue weighted by molar-refractivity contribution is 5.85. The summed E-state index contributed by atoms with van der Waals surface area (Å²) < 4.78 is 10.5. The van der Waals surface area contributed by atoms with Crippen molar-refractivity contribution < 1.29 is 14.3 Å². The van der Waals surface area contributed by atoms with Gasteiger partial charge in [0.05, 0.1) is 0 Å². The zero-order valence-electron chi connectivity index (χ0n) is 15.7. The van der Waals surface area contributed by atoms with Gasteiger partial charge in [-0.15, -0.1) is 0 Å². The van der Waals surface area contributed by atoms with Crippen LogP contribution in [0.25, 0.3) is 0 Å². The number of allylic oxidation sites excluding steroid dienone is 1. The molecule has 0 amide bonds. The summed E-state index contributed by atoms with van der Waals surface area (Å²) in [6.45, 7) is 11.8. The van der Waals surface area contributed by atoms with E-state index in [1.54, 1.807) is 13.2 Å². The molecule has 2 unspecified atom stereocenters. The second-order valence-electron chi connectivity index (χ2n) is 8.64. The Kier molecular flexibility index (Phi) is 4.67. The van der Waals surface area contributed by atoms with Crippen LogP contribution >= 0.6 is 0 Å². The Morgan fingerprint density at radius 1 is 1.38 bits per heavy atom. The van der Waals surface area contributed by atoms with E-state index in [4.69, 9.17) is 9.47 Å². The van der Waals surface area contributed by atoms with Gasteiger partial charge in [0, 0.05) is 18.8 Å². The Labute approximate surface area is 146 Å². The summed E-state index contributed by atoms with van der Waals surface area (Å²) in [4.78, 5) is 11.5. The lowest BCUT2D eigenvalue weighted by atomic mass is 9.46. The summed E-state index contributed by atoms with van der Waals surface area (Å²) in [7, 11) is 1.60. The highest BCUT2D eigenvalue weighted by Crippen LogP contribution is 2.62. The van der Waals surface area contributed by atoms with Crippen molar-refractivity contribution in [1.82, 2.24) is 0 Å². The summed E-state index contributed by atoms with van der Waals surface area (Å²) >= 11 is 0. The number of carbonyl (C=O) groups excluding carboxylic acids is 1. The predicted molar refractivity (Wildman–Crippen MR) is 95.3 cm³/mol. The monoisotopic (exact) mass is 332 g/mol. The van der Waals surface area contributed by atoms with Crippen LogP contribution < -0.4 is 0 Å². The minimum Gasteiger partial charge on any atom is -0.428 e. The lowest BCUT2D eigenvalue weighted by Crippen LogP contribution is -2.50. The average Bonchev–Trinajstić information content (AvgIpc) is 2.92. The van der Waals surface area contributed by atoms with E-state index in [0.29, 0.717) is 11.8 Å². The Balaban J connectivity index is 1.80. The first kappa shape index (κ1) is 17.7. The van der Waals surface area contributed by atoms with Gasteiger partial charge in [0.15, 0.2) is 0 Å². The van der Waals surface area contributed by atoms with Gasteiger partial charge in [-0.05, 0) is 67.6 Å². The predicted octanol–water partition coefficient (Wildman–Crippen LogP) is 5.02. The zero-order chi connectivity index (χ0) is 17.5. The number of carbonyl (C=O) groups is 1. The third-order valence-electron chi connectivity index (χ3n) is 7.56. The standard InChI is InChI=1S/C21H32O3/c1-14-7-6-8-17-20(14,3)11-9-15(2)21(17,4)12-10-16-13-18(22)24-19(16)23-5/h13,15,17,19H,1,6-12H2,2-5H3/t15-,17?,19?,20+,21+/m1/s1. The van der Waals surface area contributed by atoms with Crippen molar-refractivity contribution in [2.45, 2.75) is 72.0 Å². The normalized spacial score (nSPS) is 42.5. The zero-order valence-corrected chi connectivity index (χ0v) is 15.7. The van der Waals surface area contributed by atoms with E-state index in [9.17, 15) is 4.79 Å². The third-order valence-corrected chi connectivity index (χ3v) is 7.56. The van der Waals surface area contributed by atoms with Crippen LogP contribution in [0.3, 0.4) is 0 Å². The van der Waals surface area contributed by atoms with Gasteiger partial charge in [-0.1, -0.05) is 32.9 Å². The van der Waals surface area contributed by atoms with Crippen LogP contribution in [0.4, 0.5) is 0 Å². The number of ether oxygens (including phenoxy) is 2. The fraction of sp³-hybridized carbons (Fsp3) is 0.762. The molecule has 3 heteroatoms. The number of cyclic esters (lactones) is 1. The van der Waals surface area contributed by atoms with Crippen LogP contribution in [0.5, 0.6) is 0 Å². The van der Waals surface area contributed by atoms with Crippen molar-refractivity contribution in [3.05, 3.63) is 23.8 Å². The van der Waals surface area contributed by atoms with Crippen LogP contribution in [0.2, 0.25) is 0 Å². The molecule has 24 heavy (non-hydrogen) atoms. The molecular formula is C21H32O3. The topological polar surface area (TPSA) is 35.5 Å². The highest BCUT2D eigenvalue weighted by atomic mass is 16.7. The second-order valence-corrected chi connectivity index (χ2v) is 8.64. The Hall–Kier alpha value is -1.09. The van der Waals surface area contributed by atoms with Crippen molar-refractivity contribution in [3.8, 4) is 0 Å². The van der Waals surface area contributed by atoms with Crippen molar-refractivity contribution in [1.29, 1.82) is 0 Å². The Bertz CT molecular complexity index is 563. The van der Waals surface area contributed by atoms with E-state index < -0.39 is 6.29 Å². The maximum absolute atomic E-state index is 11.5. The molecule has 3 nitrogen and oxygen atoms in total. The summed E-state index contributed by atoms with van der Waals surface area (Å²) in [5.74, 6) is 1.12. The SMILES string of the molecule is C=C1CCCC2[C@@]1(C)CC[C@@H](C)[C@]2(C)CCC1=CC(=O)OC1OC. The van der Waals surface area contributed by atoms with Crippen LogP contribution in [0.1, 0.15) is 65.7 Å². The minimum absolute atomic E-state index is 0.269. The molecule has 3 rings (SSSR count). The van der Waals surface area contributed by atoms with Crippen LogP contribution in [0, 0.1) is 22.7 Å². The van der Waals surface area contributed by atoms with E-state index in [1.165, 1.54) is 37.7 Å². The van der Waals surface area contributed by atoms with E-state index in [2.05, 4.69) is 27.4 Å². The molecule has 0 radical (unpaired) electrons. The van der Waals surface area contributed by atoms with E-state index in [0.717, 1.165) is 18.4 Å². The summed E-state index contributed by atoms with van der Waals surface area (Å²) in [6.07, 6.45) is 9.43. The molecule has 0 bridgehead atoms. The molecule has 134 valence electrons. The number of rotatable bonds is 4. The number of hydrogen-bond donors (Lipinski definition) is 0. The van der Waals surface area contributed by atoms with Gasteiger partial charge in [0.1, 0.15) is 0 Å². The fourth-order valence-corrected chi connectivity index (χ4v) is 5.63. The van der Waals surface area contributed by atoms with Gasteiger partial charge in [-0.25, -0.2) is 4.79 Å². The number of esters is 1. The summed E-state index contributed by atoms with van der Waals surface area (Å²) in [5.41, 5.74) is 3.03. The molecule has 2 aliphatic carbocycles. The molecular weight excluding hydrogens is 300 g/mol. The number of hydrogen-bond acceptors (Lipinski definition) is 3. The van der Waals surface area contributed by atoms with E-state index in [1.807, 2.05) is 0 Å². The molecule has 0 aromatic heterocycles. The molecule has 1 heterocycles. The molecule has 0 spiro atoms. The molecule has 0 N–H and O–H groups in total. The van der Waals surface area contributed by atoms with Crippen molar-refractivity contribution in [2.24, 2.45) is 22.7 Å². The third kappa shape index (κ3) is 2.75. The van der Waals surface area contributed by atoms with Gasteiger partial charge in [-0.3, -0.25) is 0 Å². The Morgan fingerprint density at radius 2 is 2.12 bits per heavy atom. The maximum Gasteiger partial charge on any atom is 0.333 e. The molecule has 0 aromatic rings. The molecule has 5 atom stereocenters. The molecule has 1 aliphatic heterocycles. The minimum atomic E-state index is -0.479. The lowest BCUT2D eigenvalue weighted by Gasteiger charge is -2.59. The first-order valence-corrected chi connectivity index (χ1v) is 9.43. The molecule has 2 saturated carbocycles. The van der Waals surface area contributed by atoms with Crippen molar-refractivity contribution in [3.63, 3.8) is 0 Å². The van der Waals surface area contributed by atoms with E-state index >= 15 is 0 Å². The molecule has 2 fully saturated rings. The lowest BCUT2D eigenvalue weighted by molar-refractivity contribution is -0.155. The van der Waals surface area contributed by atoms with Crippen LogP contribution in [-0.2, 0) is 14.3 Å². The summed E-state index contributed by atoms with van der Waals surface area (Å²) in [5, 5.41) is 0. The quantitative estimate of drug-likeness (QED) is 0.535. The Morgan fingerprint density at radius 3 is 2.83 bits per heavy atom. The smallest absolute Gasteiger partial charge is 0.333 e. The van der Waals surface area contributed by atoms with Gasteiger partial charge in [-0.2, -0.15) is 0 Å². The van der Waals surface area contributed by atoms with Gasteiger partial charge < -0.3 is 9.47 Å². The highest BCUT2D eigenvalue weighted by Gasteiger charge is 2.53. The van der Waals surface area contributed by atoms with Crippen molar-refractivity contribution in [2.75, 3.05) is 7.11 Å². The molecule has 0 saturated heterocycles. The molecule has 3 aliphatic rings. The maximum atomic E-state index is 11.5. The fourth-order valence-electron chi connectivity index (χ4n) is 5.63. The number of methoxy groups -OCH3 is 1. The van der Waals surface area contributed by atoms with Gasteiger partial charge in [0.25, 0.3) is 0 Å². The van der Waals surface area contributed by atoms with Crippen LogP contribution in [0.15, 0.2) is 23.8 Å². The van der Waals surface area contributed by atoms with E-state index in [-0.39, 0.29) is 16.8 Å². The van der Waals surface area contributed by atoms with Gasteiger partial charge in [0.2, 0.25) is 6.29 Å². The molecule has 0 aromatic carbocycles.